The highest BCUT2D eigenvalue weighted by atomic mass is 35.5. The van der Waals surface area contributed by atoms with Gasteiger partial charge in [-0.15, -0.1) is 0 Å². The summed E-state index contributed by atoms with van der Waals surface area (Å²) in [5.74, 6) is -0.174. The van der Waals surface area contributed by atoms with E-state index in [1.54, 1.807) is 6.07 Å². The Balaban J connectivity index is 2.41. The van der Waals surface area contributed by atoms with Gasteiger partial charge in [0.2, 0.25) is 0 Å². The van der Waals surface area contributed by atoms with Crippen molar-refractivity contribution in [2.75, 3.05) is 6.61 Å². The SMILES string of the molecule is Oc1c(Cl)cccc1CNOCC(F)(F)F. The van der Waals surface area contributed by atoms with E-state index in [2.05, 4.69) is 10.3 Å². The van der Waals surface area contributed by atoms with Crippen molar-refractivity contribution in [3.05, 3.63) is 28.8 Å². The third-order valence-electron chi connectivity index (χ3n) is 1.67. The molecule has 0 unspecified atom stereocenters. The molecule has 1 aromatic rings. The first-order valence-corrected chi connectivity index (χ1v) is 4.65. The topological polar surface area (TPSA) is 41.5 Å². The van der Waals surface area contributed by atoms with Crippen LogP contribution in [0, 0.1) is 0 Å². The van der Waals surface area contributed by atoms with E-state index in [1.165, 1.54) is 12.1 Å². The molecule has 0 aliphatic rings. The van der Waals surface area contributed by atoms with E-state index < -0.39 is 12.8 Å². The van der Waals surface area contributed by atoms with Crippen LogP contribution in [0.15, 0.2) is 18.2 Å². The highest BCUT2D eigenvalue weighted by Crippen LogP contribution is 2.26. The number of phenolic OH excluding ortho intramolecular Hbond substituents is 1. The summed E-state index contributed by atoms with van der Waals surface area (Å²) in [5, 5.41) is 9.54. The zero-order valence-corrected chi connectivity index (χ0v) is 8.77. The molecular weight excluding hydrogens is 247 g/mol. The van der Waals surface area contributed by atoms with Gasteiger partial charge in [-0.05, 0) is 6.07 Å². The first kappa shape index (κ1) is 13.1. The van der Waals surface area contributed by atoms with E-state index >= 15 is 0 Å². The molecule has 16 heavy (non-hydrogen) atoms. The van der Waals surface area contributed by atoms with Crippen LogP contribution in [0.1, 0.15) is 5.56 Å². The molecule has 0 atom stereocenters. The first-order valence-electron chi connectivity index (χ1n) is 4.28. The van der Waals surface area contributed by atoms with Crippen molar-refractivity contribution in [3.8, 4) is 5.75 Å². The molecule has 0 aromatic heterocycles. The van der Waals surface area contributed by atoms with Crippen LogP contribution in [0.2, 0.25) is 5.02 Å². The van der Waals surface area contributed by atoms with Gasteiger partial charge in [0.25, 0.3) is 0 Å². The fourth-order valence-corrected chi connectivity index (χ4v) is 1.16. The average Bonchev–Trinajstić information content (AvgIpc) is 2.17. The van der Waals surface area contributed by atoms with Crippen LogP contribution in [-0.2, 0) is 11.4 Å². The lowest BCUT2D eigenvalue weighted by Crippen LogP contribution is -2.24. The van der Waals surface area contributed by atoms with Crippen molar-refractivity contribution in [1.82, 2.24) is 5.48 Å². The van der Waals surface area contributed by atoms with Gasteiger partial charge in [-0.2, -0.15) is 18.7 Å². The van der Waals surface area contributed by atoms with Gasteiger partial charge in [0.05, 0.1) is 5.02 Å². The molecule has 90 valence electrons. The smallest absolute Gasteiger partial charge is 0.413 e. The van der Waals surface area contributed by atoms with Gasteiger partial charge in [0.1, 0.15) is 5.75 Å². The second kappa shape index (κ2) is 5.38. The summed E-state index contributed by atoms with van der Waals surface area (Å²) in [5.41, 5.74) is 2.44. The van der Waals surface area contributed by atoms with E-state index in [-0.39, 0.29) is 17.3 Å². The maximum absolute atomic E-state index is 11.7. The van der Waals surface area contributed by atoms with E-state index in [4.69, 9.17) is 11.6 Å². The molecule has 0 amide bonds. The number of alkyl halides is 3. The Hall–Kier alpha value is -0.980. The second-order valence-electron chi connectivity index (χ2n) is 2.97. The van der Waals surface area contributed by atoms with Crippen molar-refractivity contribution < 1.29 is 23.1 Å². The van der Waals surface area contributed by atoms with E-state index in [0.29, 0.717) is 5.56 Å². The van der Waals surface area contributed by atoms with Crippen LogP contribution < -0.4 is 5.48 Å². The second-order valence-corrected chi connectivity index (χ2v) is 3.38. The fourth-order valence-electron chi connectivity index (χ4n) is 0.964. The number of para-hydroxylation sites is 1. The monoisotopic (exact) mass is 255 g/mol. The maximum Gasteiger partial charge on any atom is 0.413 e. The molecular formula is C9H9ClF3NO2. The van der Waals surface area contributed by atoms with Gasteiger partial charge in [0, 0.05) is 12.1 Å². The number of phenols is 1. The van der Waals surface area contributed by atoms with Crippen molar-refractivity contribution in [2.24, 2.45) is 0 Å². The van der Waals surface area contributed by atoms with E-state index in [1.807, 2.05) is 0 Å². The molecule has 0 aliphatic heterocycles. The summed E-state index contributed by atoms with van der Waals surface area (Å²) < 4.78 is 35.1. The van der Waals surface area contributed by atoms with E-state index in [0.717, 1.165) is 0 Å². The Kier molecular flexibility index (Phi) is 4.40. The normalized spacial score (nSPS) is 11.8. The van der Waals surface area contributed by atoms with Crippen LogP contribution in [0.25, 0.3) is 0 Å². The summed E-state index contributed by atoms with van der Waals surface area (Å²) in [4.78, 5) is 4.17. The number of hydrogen-bond donors (Lipinski definition) is 2. The van der Waals surface area contributed by atoms with Crippen LogP contribution in [0.4, 0.5) is 13.2 Å². The lowest BCUT2D eigenvalue weighted by molar-refractivity contribution is -0.190. The largest absolute Gasteiger partial charge is 0.506 e. The summed E-state index contributed by atoms with van der Waals surface area (Å²) in [7, 11) is 0. The highest BCUT2D eigenvalue weighted by Gasteiger charge is 2.27. The number of benzene rings is 1. The molecule has 0 saturated carbocycles. The van der Waals surface area contributed by atoms with Crippen LogP contribution >= 0.6 is 11.6 Å². The molecule has 0 fully saturated rings. The Morgan fingerprint density at radius 2 is 2.06 bits per heavy atom. The number of halogens is 4. The lowest BCUT2D eigenvalue weighted by Gasteiger charge is -2.09. The summed E-state index contributed by atoms with van der Waals surface area (Å²) in [6.07, 6.45) is -4.39. The maximum atomic E-state index is 11.7. The molecule has 0 bridgehead atoms. The lowest BCUT2D eigenvalue weighted by atomic mass is 10.2. The minimum Gasteiger partial charge on any atom is -0.506 e. The minimum absolute atomic E-state index is 0.0670. The van der Waals surface area contributed by atoms with Crippen LogP contribution in [0.3, 0.4) is 0 Å². The molecule has 2 N–H and O–H groups in total. The van der Waals surface area contributed by atoms with Crippen LogP contribution in [-0.4, -0.2) is 17.9 Å². The summed E-state index contributed by atoms with van der Waals surface area (Å²) in [6.45, 7) is -1.46. The molecule has 1 aromatic carbocycles. The molecule has 0 aliphatic carbocycles. The van der Waals surface area contributed by atoms with Gasteiger partial charge in [-0.1, -0.05) is 23.7 Å². The fraction of sp³-hybridized carbons (Fsp3) is 0.333. The predicted molar refractivity (Wildman–Crippen MR) is 52.0 cm³/mol. The number of hydroxylamine groups is 1. The molecule has 1 rings (SSSR count). The van der Waals surface area contributed by atoms with Crippen molar-refractivity contribution in [3.63, 3.8) is 0 Å². The van der Waals surface area contributed by atoms with Crippen molar-refractivity contribution >= 4 is 11.6 Å². The number of aromatic hydroxyl groups is 1. The Bertz CT molecular complexity index is 357. The number of hydrogen-bond acceptors (Lipinski definition) is 3. The molecule has 0 saturated heterocycles. The van der Waals surface area contributed by atoms with E-state index in [9.17, 15) is 18.3 Å². The Morgan fingerprint density at radius 1 is 1.38 bits per heavy atom. The standard InChI is InChI=1S/C9H9ClF3NO2/c10-7-3-1-2-6(8(7)15)4-14-16-5-9(11,12)13/h1-3,14-15H,4-5H2. The summed E-state index contributed by atoms with van der Waals surface area (Å²) in [6, 6.07) is 4.56. The van der Waals surface area contributed by atoms with Gasteiger partial charge in [0.15, 0.2) is 6.61 Å². The van der Waals surface area contributed by atoms with Crippen molar-refractivity contribution in [1.29, 1.82) is 0 Å². The molecule has 0 spiro atoms. The van der Waals surface area contributed by atoms with Gasteiger partial charge in [-0.3, -0.25) is 4.84 Å². The quantitative estimate of drug-likeness (QED) is 0.642. The Morgan fingerprint density at radius 3 is 2.69 bits per heavy atom. The Labute approximate surface area is 94.7 Å². The van der Waals surface area contributed by atoms with Gasteiger partial charge >= 0.3 is 6.18 Å². The molecule has 7 heteroatoms. The van der Waals surface area contributed by atoms with Crippen molar-refractivity contribution in [2.45, 2.75) is 12.7 Å². The number of rotatable bonds is 4. The zero-order chi connectivity index (χ0) is 12.2. The third kappa shape index (κ3) is 4.26. The summed E-state index contributed by atoms with van der Waals surface area (Å²) >= 11 is 5.60. The molecule has 0 radical (unpaired) electrons. The molecule has 0 heterocycles. The first-order chi connectivity index (χ1) is 7.40. The zero-order valence-electron chi connectivity index (χ0n) is 8.01. The van der Waals surface area contributed by atoms with Gasteiger partial charge < -0.3 is 5.11 Å². The highest BCUT2D eigenvalue weighted by molar-refractivity contribution is 6.32. The minimum atomic E-state index is -4.39. The molecule has 3 nitrogen and oxygen atoms in total. The van der Waals surface area contributed by atoms with Gasteiger partial charge in [-0.25, -0.2) is 0 Å². The average molecular weight is 256 g/mol. The third-order valence-corrected chi connectivity index (χ3v) is 1.98. The number of nitrogens with one attached hydrogen (secondary N) is 1. The van der Waals surface area contributed by atoms with Crippen LogP contribution in [0.5, 0.6) is 5.75 Å². The predicted octanol–water partition coefficient (Wildman–Crippen LogP) is 2.63.